The number of carbonyl (C=O) groups excluding carboxylic acids is 1. The van der Waals surface area contributed by atoms with Gasteiger partial charge in [-0.25, -0.2) is 0 Å². The fraction of sp³-hybridized carbons (Fsp3) is 0.0870. The lowest BCUT2D eigenvalue weighted by Crippen LogP contribution is -2.07. The number of hydrogen-bond acceptors (Lipinski definition) is 2. The van der Waals surface area contributed by atoms with Crippen molar-refractivity contribution in [2.45, 2.75) is 6.54 Å². The maximum absolute atomic E-state index is 12.9. The van der Waals surface area contributed by atoms with Crippen molar-refractivity contribution >= 4 is 16.7 Å². The highest BCUT2D eigenvalue weighted by Crippen LogP contribution is 2.24. The first-order valence-corrected chi connectivity index (χ1v) is 8.68. The molecule has 0 aliphatic carbocycles. The SMILES string of the molecule is O=C(c1ccccc1)c1cn(CCOc2ccccc2)c2ccccc12. The summed E-state index contributed by atoms with van der Waals surface area (Å²) < 4.78 is 7.90. The standard InChI is InChI=1S/C23H19NO2/c25-23(18-9-3-1-4-10-18)21-17-24(22-14-8-7-13-20(21)22)15-16-26-19-11-5-2-6-12-19/h1-14,17H,15-16H2. The van der Waals surface area contributed by atoms with Crippen molar-refractivity contribution in [1.29, 1.82) is 0 Å². The van der Waals surface area contributed by atoms with Crippen LogP contribution in [0.25, 0.3) is 10.9 Å². The van der Waals surface area contributed by atoms with Crippen molar-refractivity contribution in [3.05, 3.63) is 102 Å². The Morgan fingerprint density at radius 2 is 1.46 bits per heavy atom. The Kier molecular flexibility index (Phi) is 4.52. The Morgan fingerprint density at radius 3 is 2.23 bits per heavy atom. The third-order valence-electron chi connectivity index (χ3n) is 4.41. The highest BCUT2D eigenvalue weighted by Gasteiger charge is 2.16. The van der Waals surface area contributed by atoms with E-state index >= 15 is 0 Å². The first-order chi connectivity index (χ1) is 12.8. The molecule has 0 aliphatic rings. The minimum absolute atomic E-state index is 0.0459. The van der Waals surface area contributed by atoms with Crippen LogP contribution in [0.4, 0.5) is 0 Å². The summed E-state index contributed by atoms with van der Waals surface area (Å²) in [7, 11) is 0. The van der Waals surface area contributed by atoms with Crippen LogP contribution < -0.4 is 4.74 Å². The van der Waals surface area contributed by atoms with E-state index in [0.29, 0.717) is 18.7 Å². The maximum atomic E-state index is 12.9. The Bertz CT molecular complexity index is 1020. The molecule has 4 rings (SSSR count). The van der Waals surface area contributed by atoms with Crippen LogP contribution in [0.5, 0.6) is 5.75 Å². The fourth-order valence-corrected chi connectivity index (χ4v) is 3.14. The molecule has 4 aromatic rings. The van der Waals surface area contributed by atoms with E-state index in [1.165, 1.54) is 0 Å². The molecule has 1 heterocycles. The molecule has 128 valence electrons. The van der Waals surface area contributed by atoms with Gasteiger partial charge in [0, 0.05) is 28.2 Å². The van der Waals surface area contributed by atoms with Gasteiger partial charge in [-0.15, -0.1) is 0 Å². The van der Waals surface area contributed by atoms with Gasteiger partial charge in [-0.3, -0.25) is 4.79 Å². The first-order valence-electron chi connectivity index (χ1n) is 8.68. The van der Waals surface area contributed by atoms with Crippen molar-refractivity contribution in [3.63, 3.8) is 0 Å². The number of carbonyl (C=O) groups is 1. The Labute approximate surface area is 152 Å². The highest BCUT2D eigenvalue weighted by atomic mass is 16.5. The summed E-state index contributed by atoms with van der Waals surface area (Å²) in [5.74, 6) is 0.897. The molecule has 3 aromatic carbocycles. The summed E-state index contributed by atoms with van der Waals surface area (Å²) in [5, 5.41) is 0.973. The molecule has 3 heteroatoms. The summed E-state index contributed by atoms with van der Waals surface area (Å²) in [6, 6.07) is 27.2. The Hall–Kier alpha value is -3.33. The van der Waals surface area contributed by atoms with E-state index in [9.17, 15) is 4.79 Å². The summed E-state index contributed by atoms with van der Waals surface area (Å²) in [5.41, 5.74) is 2.48. The van der Waals surface area contributed by atoms with Gasteiger partial charge in [0.2, 0.25) is 0 Å². The molecule has 0 amide bonds. The molecule has 3 nitrogen and oxygen atoms in total. The second kappa shape index (κ2) is 7.28. The second-order valence-electron chi connectivity index (χ2n) is 6.11. The molecule has 26 heavy (non-hydrogen) atoms. The van der Waals surface area contributed by atoms with E-state index in [2.05, 4.69) is 4.57 Å². The third-order valence-corrected chi connectivity index (χ3v) is 4.41. The second-order valence-corrected chi connectivity index (χ2v) is 6.11. The van der Waals surface area contributed by atoms with Gasteiger partial charge in [0.1, 0.15) is 12.4 Å². The Morgan fingerprint density at radius 1 is 0.808 bits per heavy atom. The van der Waals surface area contributed by atoms with Crippen LogP contribution in [0.2, 0.25) is 0 Å². The number of aromatic nitrogens is 1. The maximum Gasteiger partial charge on any atom is 0.195 e. The zero-order valence-corrected chi connectivity index (χ0v) is 14.3. The fourth-order valence-electron chi connectivity index (χ4n) is 3.14. The normalized spacial score (nSPS) is 10.8. The van der Waals surface area contributed by atoms with Gasteiger partial charge in [-0.1, -0.05) is 66.7 Å². The number of fused-ring (bicyclic) bond motifs is 1. The molecule has 0 unspecified atom stereocenters. The van der Waals surface area contributed by atoms with Crippen molar-refractivity contribution in [3.8, 4) is 5.75 Å². The van der Waals surface area contributed by atoms with Crippen molar-refractivity contribution in [1.82, 2.24) is 4.57 Å². The average Bonchev–Trinajstić information content (AvgIpc) is 3.08. The Balaban J connectivity index is 1.61. The van der Waals surface area contributed by atoms with Gasteiger partial charge in [0.25, 0.3) is 0 Å². The summed E-state index contributed by atoms with van der Waals surface area (Å²) >= 11 is 0. The number of benzene rings is 3. The molecule has 0 atom stereocenters. The van der Waals surface area contributed by atoms with Crippen LogP contribution in [0, 0.1) is 0 Å². The lowest BCUT2D eigenvalue weighted by Gasteiger charge is -2.08. The molecule has 0 spiro atoms. The molecule has 1 aromatic heterocycles. The van der Waals surface area contributed by atoms with Crippen molar-refractivity contribution < 1.29 is 9.53 Å². The zero-order chi connectivity index (χ0) is 17.8. The van der Waals surface area contributed by atoms with E-state index in [1.807, 2.05) is 91.1 Å². The van der Waals surface area contributed by atoms with E-state index in [-0.39, 0.29) is 5.78 Å². The highest BCUT2D eigenvalue weighted by molar-refractivity contribution is 6.16. The van der Waals surface area contributed by atoms with E-state index in [1.54, 1.807) is 0 Å². The molecule has 0 saturated carbocycles. The van der Waals surface area contributed by atoms with E-state index in [4.69, 9.17) is 4.74 Å². The van der Waals surface area contributed by atoms with Crippen LogP contribution >= 0.6 is 0 Å². The van der Waals surface area contributed by atoms with Gasteiger partial charge in [0.15, 0.2) is 5.78 Å². The zero-order valence-electron chi connectivity index (χ0n) is 14.3. The molecular weight excluding hydrogens is 322 g/mol. The summed E-state index contributed by atoms with van der Waals surface area (Å²) in [4.78, 5) is 12.9. The van der Waals surface area contributed by atoms with Gasteiger partial charge in [0.05, 0.1) is 6.54 Å². The summed E-state index contributed by atoms with van der Waals surface area (Å²) in [6.45, 7) is 1.22. The van der Waals surface area contributed by atoms with E-state index < -0.39 is 0 Å². The lowest BCUT2D eigenvalue weighted by atomic mass is 10.0. The number of para-hydroxylation sites is 2. The van der Waals surface area contributed by atoms with Crippen molar-refractivity contribution in [2.24, 2.45) is 0 Å². The molecule has 0 saturated heterocycles. The van der Waals surface area contributed by atoms with Crippen LogP contribution in [-0.2, 0) is 6.54 Å². The minimum Gasteiger partial charge on any atom is -0.492 e. The van der Waals surface area contributed by atoms with Gasteiger partial charge in [-0.05, 0) is 18.2 Å². The summed E-state index contributed by atoms with van der Waals surface area (Å²) in [6.07, 6.45) is 1.94. The average molecular weight is 341 g/mol. The van der Waals surface area contributed by atoms with Crippen LogP contribution in [0.1, 0.15) is 15.9 Å². The number of ketones is 1. The number of rotatable bonds is 6. The quantitative estimate of drug-likeness (QED) is 0.465. The van der Waals surface area contributed by atoms with Crippen molar-refractivity contribution in [2.75, 3.05) is 6.61 Å². The van der Waals surface area contributed by atoms with Gasteiger partial charge < -0.3 is 9.30 Å². The van der Waals surface area contributed by atoms with E-state index in [0.717, 1.165) is 22.2 Å². The minimum atomic E-state index is 0.0459. The number of hydrogen-bond donors (Lipinski definition) is 0. The molecule has 0 aliphatic heterocycles. The molecular formula is C23H19NO2. The predicted molar refractivity (Wildman–Crippen MR) is 104 cm³/mol. The van der Waals surface area contributed by atoms with Crippen LogP contribution in [0.15, 0.2) is 91.1 Å². The largest absolute Gasteiger partial charge is 0.492 e. The van der Waals surface area contributed by atoms with Crippen LogP contribution in [-0.4, -0.2) is 17.0 Å². The van der Waals surface area contributed by atoms with Gasteiger partial charge in [-0.2, -0.15) is 0 Å². The molecule has 0 radical (unpaired) electrons. The smallest absolute Gasteiger partial charge is 0.195 e. The first kappa shape index (κ1) is 16.2. The number of ether oxygens (including phenoxy) is 1. The van der Waals surface area contributed by atoms with Gasteiger partial charge >= 0.3 is 0 Å². The predicted octanol–water partition coefficient (Wildman–Crippen LogP) is 4.95. The molecule has 0 N–H and O–H groups in total. The van der Waals surface area contributed by atoms with Crippen LogP contribution in [0.3, 0.4) is 0 Å². The monoisotopic (exact) mass is 341 g/mol. The molecule has 0 bridgehead atoms. The lowest BCUT2D eigenvalue weighted by molar-refractivity contribution is 0.104. The molecule has 0 fully saturated rings. The topological polar surface area (TPSA) is 31.2 Å². The number of nitrogens with zero attached hydrogens (tertiary/aromatic N) is 1. The third kappa shape index (κ3) is 3.24.